The van der Waals surface area contributed by atoms with E-state index < -0.39 is 17.3 Å². The van der Waals surface area contributed by atoms with E-state index in [1.54, 1.807) is 11.1 Å². The Balaban J connectivity index is 2.00. The van der Waals surface area contributed by atoms with E-state index in [2.05, 4.69) is 4.98 Å². The Bertz CT molecular complexity index is 980. The average molecular weight is 445 g/mol. The summed E-state index contributed by atoms with van der Waals surface area (Å²) in [5.41, 5.74) is 7.22. The Labute approximate surface area is 190 Å². The highest BCUT2D eigenvalue weighted by molar-refractivity contribution is 5.89. The number of rotatable bonds is 5. The van der Waals surface area contributed by atoms with E-state index in [4.69, 9.17) is 15.2 Å². The molecule has 8 nitrogen and oxygen atoms in total. The van der Waals surface area contributed by atoms with Gasteiger partial charge in [-0.2, -0.15) is 0 Å². The molecule has 1 aliphatic rings. The summed E-state index contributed by atoms with van der Waals surface area (Å²) in [6.45, 7) is 12.1. The van der Waals surface area contributed by atoms with Crippen LogP contribution in [0.5, 0.6) is 0 Å². The third kappa shape index (κ3) is 6.00. The molecule has 0 atom stereocenters. The van der Waals surface area contributed by atoms with Crippen molar-refractivity contribution in [3.05, 3.63) is 29.6 Å². The Morgan fingerprint density at radius 1 is 1.12 bits per heavy atom. The molecule has 3 rings (SSSR count). The number of aromatic nitrogens is 2. The van der Waals surface area contributed by atoms with Crippen LogP contribution >= 0.6 is 0 Å². The molecule has 2 N–H and O–H groups in total. The number of nitrogens with two attached hydrogens (primary N) is 1. The van der Waals surface area contributed by atoms with Gasteiger partial charge in [0, 0.05) is 19.3 Å². The predicted octanol–water partition coefficient (Wildman–Crippen LogP) is 4.82. The Morgan fingerprint density at radius 3 is 2.31 bits per heavy atom. The fourth-order valence-corrected chi connectivity index (χ4v) is 3.64. The van der Waals surface area contributed by atoms with Gasteiger partial charge < -0.3 is 20.1 Å². The van der Waals surface area contributed by atoms with Crippen LogP contribution in [0.15, 0.2) is 18.3 Å². The summed E-state index contributed by atoms with van der Waals surface area (Å²) < 4.78 is 12.8. The summed E-state index contributed by atoms with van der Waals surface area (Å²) in [6.07, 6.45) is 4.17. The van der Waals surface area contributed by atoms with Crippen molar-refractivity contribution in [3.63, 3.8) is 0 Å². The van der Waals surface area contributed by atoms with E-state index in [0.717, 1.165) is 18.4 Å². The van der Waals surface area contributed by atoms with Gasteiger partial charge in [0.15, 0.2) is 0 Å². The Kier molecular flexibility index (Phi) is 6.83. The molecule has 0 unspecified atom stereocenters. The van der Waals surface area contributed by atoms with Crippen molar-refractivity contribution < 1.29 is 19.1 Å². The van der Waals surface area contributed by atoms with Crippen molar-refractivity contribution in [2.75, 3.05) is 6.54 Å². The number of carbonyl (C=O) groups is 2. The van der Waals surface area contributed by atoms with Gasteiger partial charge in [0.1, 0.15) is 11.2 Å². The maximum absolute atomic E-state index is 13.2. The lowest BCUT2D eigenvalue weighted by molar-refractivity contribution is 0.0163. The van der Waals surface area contributed by atoms with Gasteiger partial charge >= 0.3 is 12.2 Å². The molecule has 0 saturated heterocycles. The normalized spacial score (nSPS) is 14.8. The van der Waals surface area contributed by atoms with E-state index in [-0.39, 0.29) is 12.6 Å². The van der Waals surface area contributed by atoms with E-state index in [9.17, 15) is 9.59 Å². The number of ether oxygens (including phenoxy) is 2. The second-order valence-corrected chi connectivity index (χ2v) is 10.6. The molecule has 0 aromatic carbocycles. The summed E-state index contributed by atoms with van der Waals surface area (Å²) >= 11 is 0. The van der Waals surface area contributed by atoms with Crippen LogP contribution in [0.3, 0.4) is 0 Å². The molecular weight excluding hydrogens is 408 g/mol. The van der Waals surface area contributed by atoms with Crippen molar-refractivity contribution in [3.8, 4) is 0 Å². The molecule has 2 aromatic heterocycles. The highest BCUT2D eigenvalue weighted by Crippen LogP contribution is 2.29. The number of pyridine rings is 1. The fraction of sp³-hybridized carbons (Fsp3) is 0.625. The van der Waals surface area contributed by atoms with Gasteiger partial charge in [0.2, 0.25) is 0 Å². The van der Waals surface area contributed by atoms with Crippen LogP contribution in [-0.2, 0) is 22.6 Å². The van der Waals surface area contributed by atoms with E-state index in [0.29, 0.717) is 35.7 Å². The quantitative estimate of drug-likeness (QED) is 0.710. The van der Waals surface area contributed by atoms with Crippen molar-refractivity contribution in [1.82, 2.24) is 14.5 Å². The molecule has 0 aliphatic heterocycles. The van der Waals surface area contributed by atoms with Crippen LogP contribution in [0.25, 0.3) is 11.0 Å². The maximum Gasteiger partial charge on any atom is 0.419 e. The van der Waals surface area contributed by atoms with Crippen molar-refractivity contribution in [2.24, 2.45) is 11.7 Å². The molecule has 2 aromatic rings. The largest absolute Gasteiger partial charge is 0.444 e. The first-order valence-corrected chi connectivity index (χ1v) is 11.3. The lowest BCUT2D eigenvalue weighted by atomic mass is 9.85. The molecule has 0 spiro atoms. The van der Waals surface area contributed by atoms with Gasteiger partial charge in [-0.25, -0.2) is 14.2 Å². The first-order valence-electron chi connectivity index (χ1n) is 11.3. The lowest BCUT2D eigenvalue weighted by Crippen LogP contribution is -2.41. The first-order chi connectivity index (χ1) is 14.9. The highest BCUT2D eigenvalue weighted by Gasteiger charge is 2.30. The average Bonchev–Trinajstić information content (AvgIpc) is 2.97. The zero-order valence-electron chi connectivity index (χ0n) is 20.1. The van der Waals surface area contributed by atoms with Gasteiger partial charge in [-0.1, -0.05) is 6.42 Å². The molecule has 0 bridgehead atoms. The minimum atomic E-state index is -0.666. The summed E-state index contributed by atoms with van der Waals surface area (Å²) in [5.74, 6) is 0.448. The van der Waals surface area contributed by atoms with Crippen molar-refractivity contribution in [1.29, 1.82) is 0 Å². The number of nitrogens with zero attached hydrogens (tertiary/aromatic N) is 3. The first kappa shape index (κ1) is 24.0. The highest BCUT2D eigenvalue weighted by atomic mass is 16.6. The van der Waals surface area contributed by atoms with E-state index in [1.807, 2.05) is 53.7 Å². The van der Waals surface area contributed by atoms with E-state index in [1.165, 1.54) is 11.0 Å². The molecule has 176 valence electrons. The molecule has 32 heavy (non-hydrogen) atoms. The molecule has 1 fully saturated rings. The second kappa shape index (κ2) is 9.10. The zero-order chi connectivity index (χ0) is 23.7. The summed E-state index contributed by atoms with van der Waals surface area (Å²) in [6, 6.07) is 3.68. The summed E-state index contributed by atoms with van der Waals surface area (Å²) in [7, 11) is 0. The van der Waals surface area contributed by atoms with Gasteiger partial charge in [-0.15, -0.1) is 0 Å². The zero-order valence-corrected chi connectivity index (χ0v) is 20.1. The predicted molar refractivity (Wildman–Crippen MR) is 123 cm³/mol. The van der Waals surface area contributed by atoms with Crippen LogP contribution in [0.4, 0.5) is 9.59 Å². The smallest absolute Gasteiger partial charge is 0.419 e. The van der Waals surface area contributed by atoms with Crippen LogP contribution in [-0.4, -0.2) is 44.4 Å². The third-order valence-electron chi connectivity index (χ3n) is 5.31. The lowest BCUT2D eigenvalue weighted by Gasteiger charge is -2.33. The molecule has 0 radical (unpaired) electrons. The van der Waals surface area contributed by atoms with Crippen LogP contribution in [0.2, 0.25) is 0 Å². The van der Waals surface area contributed by atoms with Crippen LogP contribution in [0, 0.1) is 5.92 Å². The van der Waals surface area contributed by atoms with Crippen molar-refractivity contribution in [2.45, 2.75) is 85.1 Å². The number of fused-ring (bicyclic) bond motifs is 1. The Hall–Kier alpha value is -2.61. The number of hydrogen-bond acceptors (Lipinski definition) is 6. The molecule has 1 aliphatic carbocycles. The number of hydrogen-bond donors (Lipinski definition) is 1. The molecule has 1 amide bonds. The van der Waals surface area contributed by atoms with Gasteiger partial charge in [0.25, 0.3) is 0 Å². The fourth-order valence-electron chi connectivity index (χ4n) is 3.64. The van der Waals surface area contributed by atoms with E-state index >= 15 is 0 Å². The van der Waals surface area contributed by atoms with Crippen molar-refractivity contribution >= 4 is 23.2 Å². The summed E-state index contributed by atoms with van der Waals surface area (Å²) in [5, 5.41) is 0. The second-order valence-electron chi connectivity index (χ2n) is 10.6. The van der Waals surface area contributed by atoms with Gasteiger partial charge in [0.05, 0.1) is 23.3 Å². The maximum atomic E-state index is 13.2. The topological polar surface area (TPSA) is 99.7 Å². The SMILES string of the molecule is CC(C)(C)OC(=O)N(Cc1cc2ncc(CN)cc2n1C(=O)OC(C)(C)C)CC1CCC1. The molecule has 2 heterocycles. The minimum Gasteiger partial charge on any atom is -0.444 e. The van der Waals surface area contributed by atoms with Gasteiger partial charge in [-0.3, -0.25) is 4.98 Å². The monoisotopic (exact) mass is 444 g/mol. The molecular formula is C24H36N4O4. The summed E-state index contributed by atoms with van der Waals surface area (Å²) in [4.78, 5) is 32.3. The standard InChI is InChI=1S/C24H36N4O4/c1-23(2,3)31-21(29)27(14-16-8-7-9-16)15-18-11-19-20(10-17(12-25)13-26-19)28(18)22(30)32-24(4,5)6/h10-11,13,16H,7-9,12,14-15,25H2,1-6H3. The van der Waals surface area contributed by atoms with Gasteiger partial charge in [-0.05, 0) is 78.0 Å². The molecule has 1 saturated carbocycles. The third-order valence-corrected chi connectivity index (χ3v) is 5.31. The Morgan fingerprint density at radius 2 is 1.78 bits per heavy atom. The number of carbonyl (C=O) groups excluding carboxylic acids is 2. The minimum absolute atomic E-state index is 0.221. The number of amides is 1. The molecule has 8 heteroatoms. The van der Waals surface area contributed by atoms with Crippen LogP contribution < -0.4 is 5.73 Å². The van der Waals surface area contributed by atoms with Crippen LogP contribution in [0.1, 0.15) is 72.1 Å².